The van der Waals surface area contributed by atoms with Gasteiger partial charge in [0.15, 0.2) is 0 Å². The van der Waals surface area contributed by atoms with Gasteiger partial charge >= 0.3 is 0 Å². The van der Waals surface area contributed by atoms with Crippen molar-refractivity contribution in [1.82, 2.24) is 20.1 Å². The van der Waals surface area contributed by atoms with Gasteiger partial charge in [-0.05, 0) is 24.6 Å². The number of carbonyl (C=O) groups excluding carboxylic acids is 1. The fourth-order valence-corrected chi connectivity index (χ4v) is 3.06. The maximum Gasteiger partial charge on any atom is 0.255 e. The van der Waals surface area contributed by atoms with E-state index in [0.717, 1.165) is 23.2 Å². The van der Waals surface area contributed by atoms with E-state index in [9.17, 15) is 4.79 Å². The van der Waals surface area contributed by atoms with E-state index in [1.807, 2.05) is 25.1 Å². The Morgan fingerprint density at radius 2 is 2.21 bits per heavy atom. The molecule has 1 aliphatic rings. The average Bonchev–Trinajstić information content (AvgIpc) is 3.25. The molecular weight excluding hydrogens is 304 g/mol. The van der Waals surface area contributed by atoms with E-state index >= 15 is 0 Å². The molecule has 2 atom stereocenters. The zero-order valence-corrected chi connectivity index (χ0v) is 13.6. The fourth-order valence-electron chi connectivity index (χ4n) is 3.06. The van der Waals surface area contributed by atoms with Crippen LogP contribution in [0.15, 0.2) is 42.7 Å². The van der Waals surface area contributed by atoms with E-state index in [1.54, 1.807) is 30.4 Å². The van der Waals surface area contributed by atoms with Gasteiger partial charge in [0.2, 0.25) is 0 Å². The van der Waals surface area contributed by atoms with Gasteiger partial charge in [-0.1, -0.05) is 18.2 Å². The van der Waals surface area contributed by atoms with Gasteiger partial charge in [-0.15, -0.1) is 0 Å². The molecule has 122 valence electrons. The van der Waals surface area contributed by atoms with Gasteiger partial charge in [0.1, 0.15) is 17.4 Å². The first-order chi connectivity index (χ1) is 11.6. The summed E-state index contributed by atoms with van der Waals surface area (Å²) in [6.07, 6.45) is 4.00. The second-order valence-corrected chi connectivity index (χ2v) is 6.15. The summed E-state index contributed by atoms with van der Waals surface area (Å²) >= 11 is 0. The summed E-state index contributed by atoms with van der Waals surface area (Å²) < 4.78 is 6.01. The summed E-state index contributed by atoms with van der Waals surface area (Å²) in [5.41, 5.74) is 3.23. The van der Waals surface area contributed by atoms with Crippen LogP contribution in [0.2, 0.25) is 0 Å². The smallest absolute Gasteiger partial charge is 0.255 e. The number of carbonyl (C=O) groups is 1. The molecule has 0 fully saturated rings. The SMILES string of the molecule is CC(C1Cc2ccccc2O1)N(C)C(=O)c1cnc2cn[nH]c2c1. The Balaban J connectivity index is 1.52. The van der Waals surface area contributed by atoms with Gasteiger partial charge < -0.3 is 9.64 Å². The maximum absolute atomic E-state index is 12.8. The minimum Gasteiger partial charge on any atom is -0.488 e. The highest BCUT2D eigenvalue weighted by Gasteiger charge is 2.32. The molecule has 1 amide bonds. The molecule has 2 aromatic heterocycles. The van der Waals surface area contributed by atoms with E-state index in [4.69, 9.17) is 4.74 Å². The number of hydrogen-bond acceptors (Lipinski definition) is 4. The average molecular weight is 322 g/mol. The zero-order valence-electron chi connectivity index (χ0n) is 13.6. The summed E-state index contributed by atoms with van der Waals surface area (Å²) in [4.78, 5) is 18.8. The van der Waals surface area contributed by atoms with Gasteiger partial charge in [0.25, 0.3) is 5.91 Å². The lowest BCUT2D eigenvalue weighted by atomic mass is 10.0. The quantitative estimate of drug-likeness (QED) is 0.804. The Hall–Kier alpha value is -2.89. The summed E-state index contributed by atoms with van der Waals surface area (Å²) in [5.74, 6) is 0.835. The number of fused-ring (bicyclic) bond motifs is 2. The van der Waals surface area contributed by atoms with E-state index < -0.39 is 0 Å². The van der Waals surface area contributed by atoms with Gasteiger partial charge in [0.05, 0.1) is 23.3 Å². The van der Waals surface area contributed by atoms with Crippen molar-refractivity contribution in [3.63, 3.8) is 0 Å². The highest BCUT2D eigenvalue weighted by molar-refractivity contribution is 5.96. The number of aromatic amines is 1. The summed E-state index contributed by atoms with van der Waals surface area (Å²) in [6, 6.07) is 9.74. The second-order valence-electron chi connectivity index (χ2n) is 6.15. The van der Waals surface area contributed by atoms with Crippen LogP contribution >= 0.6 is 0 Å². The number of amides is 1. The molecule has 0 saturated carbocycles. The van der Waals surface area contributed by atoms with Gasteiger partial charge in [-0.25, -0.2) is 0 Å². The minimum atomic E-state index is -0.0777. The normalized spacial score (nSPS) is 17.3. The monoisotopic (exact) mass is 322 g/mol. The van der Waals surface area contributed by atoms with Crippen LogP contribution in [0, 0.1) is 0 Å². The van der Waals surface area contributed by atoms with E-state index in [1.165, 1.54) is 5.56 Å². The second kappa shape index (κ2) is 5.63. The number of nitrogens with zero attached hydrogens (tertiary/aromatic N) is 3. The topological polar surface area (TPSA) is 71.1 Å². The standard InChI is InChI=1S/C18H18N4O2/c1-11(17-8-12-5-3-4-6-16(12)24-17)22(2)18(23)13-7-14-15(19-9-13)10-20-21-14/h3-7,9-11,17H,8H2,1-2H3,(H,20,21). The Labute approximate surface area is 139 Å². The molecule has 2 unspecified atom stereocenters. The number of nitrogens with one attached hydrogen (secondary N) is 1. The molecule has 1 aliphatic heterocycles. The number of rotatable bonds is 3. The Kier molecular flexibility index (Phi) is 3.45. The Morgan fingerprint density at radius 1 is 1.38 bits per heavy atom. The van der Waals surface area contributed by atoms with Gasteiger partial charge in [-0.3, -0.25) is 14.9 Å². The fraction of sp³-hybridized carbons (Fsp3) is 0.278. The molecule has 4 rings (SSSR count). The molecule has 0 spiro atoms. The number of likely N-dealkylation sites (N-methyl/N-ethyl adjacent to an activating group) is 1. The highest BCUT2D eigenvalue weighted by atomic mass is 16.5. The number of hydrogen-bond donors (Lipinski definition) is 1. The molecule has 6 heteroatoms. The molecule has 1 aromatic carbocycles. The third kappa shape index (κ3) is 2.40. The van der Waals surface area contributed by atoms with Crippen molar-refractivity contribution >= 4 is 16.9 Å². The van der Waals surface area contributed by atoms with Crippen molar-refractivity contribution in [2.24, 2.45) is 0 Å². The van der Waals surface area contributed by atoms with Crippen LogP contribution in [0.25, 0.3) is 11.0 Å². The van der Waals surface area contributed by atoms with Crippen LogP contribution in [0.5, 0.6) is 5.75 Å². The van der Waals surface area contributed by atoms with Crippen LogP contribution in [-0.2, 0) is 6.42 Å². The molecule has 6 nitrogen and oxygen atoms in total. The Morgan fingerprint density at radius 3 is 3.04 bits per heavy atom. The van der Waals surface area contributed by atoms with E-state index in [0.29, 0.717) is 5.56 Å². The lowest BCUT2D eigenvalue weighted by Gasteiger charge is -2.29. The first-order valence-electron chi connectivity index (χ1n) is 7.94. The number of pyridine rings is 1. The first kappa shape index (κ1) is 14.7. The van der Waals surface area contributed by atoms with Crippen LogP contribution in [-0.4, -0.2) is 45.2 Å². The number of benzene rings is 1. The largest absolute Gasteiger partial charge is 0.488 e. The lowest BCUT2D eigenvalue weighted by Crippen LogP contribution is -2.44. The van der Waals surface area contributed by atoms with Crippen LogP contribution in [0.1, 0.15) is 22.8 Å². The molecule has 0 aliphatic carbocycles. The number of aromatic nitrogens is 3. The predicted octanol–water partition coefficient (Wildman–Crippen LogP) is 2.42. The van der Waals surface area contributed by atoms with Crippen molar-refractivity contribution in [2.75, 3.05) is 7.05 Å². The molecule has 3 aromatic rings. The molecule has 0 saturated heterocycles. The maximum atomic E-state index is 12.8. The lowest BCUT2D eigenvalue weighted by molar-refractivity contribution is 0.0598. The predicted molar refractivity (Wildman–Crippen MR) is 90.0 cm³/mol. The third-order valence-corrected chi connectivity index (χ3v) is 4.68. The molecule has 1 N–H and O–H groups in total. The molecule has 24 heavy (non-hydrogen) atoms. The Bertz CT molecular complexity index is 880. The van der Waals surface area contributed by atoms with Crippen molar-refractivity contribution in [2.45, 2.75) is 25.5 Å². The number of ether oxygens (including phenoxy) is 1. The van der Waals surface area contributed by atoms with Crippen LogP contribution in [0.3, 0.4) is 0 Å². The number of para-hydroxylation sites is 1. The third-order valence-electron chi connectivity index (χ3n) is 4.68. The molecule has 0 bridgehead atoms. The first-order valence-corrected chi connectivity index (χ1v) is 7.94. The summed E-state index contributed by atoms with van der Waals surface area (Å²) in [6.45, 7) is 2.01. The molecule has 0 radical (unpaired) electrons. The van der Waals surface area contributed by atoms with Crippen molar-refractivity contribution in [3.05, 3.63) is 53.9 Å². The zero-order chi connectivity index (χ0) is 16.7. The van der Waals surface area contributed by atoms with E-state index in [-0.39, 0.29) is 18.1 Å². The summed E-state index contributed by atoms with van der Waals surface area (Å²) in [5, 5.41) is 6.78. The van der Waals surface area contributed by atoms with Crippen LogP contribution < -0.4 is 4.74 Å². The van der Waals surface area contributed by atoms with E-state index in [2.05, 4.69) is 21.2 Å². The van der Waals surface area contributed by atoms with Gasteiger partial charge in [0, 0.05) is 19.7 Å². The van der Waals surface area contributed by atoms with Crippen LogP contribution in [0.4, 0.5) is 0 Å². The number of H-pyrrole nitrogens is 1. The molecule has 3 heterocycles. The van der Waals surface area contributed by atoms with Crippen molar-refractivity contribution < 1.29 is 9.53 Å². The van der Waals surface area contributed by atoms with Gasteiger partial charge in [-0.2, -0.15) is 5.10 Å². The highest BCUT2D eigenvalue weighted by Crippen LogP contribution is 2.30. The van der Waals surface area contributed by atoms with Crippen molar-refractivity contribution in [3.8, 4) is 5.75 Å². The summed E-state index contributed by atoms with van der Waals surface area (Å²) in [7, 11) is 1.80. The minimum absolute atomic E-state index is 0.0415. The molecular formula is C18H18N4O2. The van der Waals surface area contributed by atoms with Crippen molar-refractivity contribution in [1.29, 1.82) is 0 Å².